The second-order valence-corrected chi connectivity index (χ2v) is 7.45. The van der Waals surface area contributed by atoms with Gasteiger partial charge >= 0.3 is 0 Å². The number of carbonyl (C=O) groups excluding carboxylic acids is 2. The third-order valence-corrected chi connectivity index (χ3v) is 5.07. The van der Waals surface area contributed by atoms with Crippen LogP contribution in [0.2, 0.25) is 0 Å². The van der Waals surface area contributed by atoms with Crippen LogP contribution in [-0.4, -0.2) is 24.9 Å². The molecular formula is C20H19BrF2N2O2. The van der Waals surface area contributed by atoms with E-state index in [1.165, 1.54) is 6.07 Å². The molecule has 27 heavy (non-hydrogen) atoms. The summed E-state index contributed by atoms with van der Waals surface area (Å²) in [6.45, 7) is 0.896. The molecule has 0 bridgehead atoms. The van der Waals surface area contributed by atoms with E-state index in [9.17, 15) is 18.4 Å². The van der Waals surface area contributed by atoms with E-state index in [1.54, 1.807) is 24.3 Å². The van der Waals surface area contributed by atoms with Gasteiger partial charge in [0.2, 0.25) is 5.91 Å². The Morgan fingerprint density at radius 3 is 2.41 bits per heavy atom. The molecule has 1 saturated carbocycles. The quantitative estimate of drug-likeness (QED) is 0.649. The lowest BCUT2D eigenvalue weighted by molar-refractivity contribution is -0.122. The second-order valence-electron chi connectivity index (χ2n) is 6.53. The highest BCUT2D eigenvalue weighted by Gasteiger charge is 2.43. The molecule has 3 rings (SSSR count). The smallest absolute Gasteiger partial charge is 0.251 e. The van der Waals surface area contributed by atoms with Crippen LogP contribution in [0, 0.1) is 17.6 Å². The van der Waals surface area contributed by atoms with Gasteiger partial charge in [0.05, 0.1) is 0 Å². The van der Waals surface area contributed by atoms with Gasteiger partial charge in [-0.15, -0.1) is 0 Å². The fourth-order valence-electron chi connectivity index (χ4n) is 2.93. The summed E-state index contributed by atoms with van der Waals surface area (Å²) in [6.07, 6.45) is 1.24. The van der Waals surface area contributed by atoms with Crippen LogP contribution < -0.4 is 10.6 Å². The number of amides is 2. The summed E-state index contributed by atoms with van der Waals surface area (Å²) in [5.74, 6) is -2.28. The number of halogens is 3. The highest BCUT2D eigenvalue weighted by molar-refractivity contribution is 9.10. The van der Waals surface area contributed by atoms with Crippen LogP contribution >= 0.6 is 15.9 Å². The zero-order chi connectivity index (χ0) is 19.4. The zero-order valence-corrected chi connectivity index (χ0v) is 16.1. The summed E-state index contributed by atoms with van der Waals surface area (Å²) >= 11 is 3.32. The van der Waals surface area contributed by atoms with Crippen molar-refractivity contribution in [2.75, 3.05) is 13.1 Å². The van der Waals surface area contributed by atoms with Gasteiger partial charge in [0.15, 0.2) is 11.6 Å². The van der Waals surface area contributed by atoms with Gasteiger partial charge in [-0.1, -0.05) is 22.0 Å². The largest absolute Gasteiger partial charge is 0.356 e. The van der Waals surface area contributed by atoms with Crippen molar-refractivity contribution in [2.45, 2.75) is 18.8 Å². The van der Waals surface area contributed by atoms with Crippen LogP contribution in [-0.2, 0) is 4.79 Å². The Bertz CT molecular complexity index is 842. The molecule has 2 aromatic rings. The topological polar surface area (TPSA) is 58.2 Å². The molecule has 2 atom stereocenters. The molecular weight excluding hydrogens is 418 g/mol. The number of carbonyl (C=O) groups is 2. The minimum atomic E-state index is -0.889. The Morgan fingerprint density at radius 2 is 1.70 bits per heavy atom. The molecule has 0 spiro atoms. The van der Waals surface area contributed by atoms with Gasteiger partial charge < -0.3 is 10.6 Å². The van der Waals surface area contributed by atoms with E-state index in [1.807, 2.05) is 0 Å². The number of benzene rings is 2. The Kier molecular flexibility index (Phi) is 6.21. The average Bonchev–Trinajstić information content (AvgIpc) is 3.45. The van der Waals surface area contributed by atoms with E-state index in [-0.39, 0.29) is 23.7 Å². The van der Waals surface area contributed by atoms with Gasteiger partial charge in [0.25, 0.3) is 5.91 Å². The molecule has 2 N–H and O–H groups in total. The lowest BCUT2D eigenvalue weighted by atomic mass is 10.1. The standard InChI is InChI=1S/C20H19BrF2N2O2/c21-14-5-2-12(3-6-14)19(26)24-8-1-9-25-20(27)16-11-15(16)13-4-7-17(22)18(23)10-13/h2-7,10,15-16H,1,8-9,11H2,(H,24,26)(H,25,27). The van der Waals surface area contributed by atoms with Crippen LogP contribution in [0.5, 0.6) is 0 Å². The molecule has 2 unspecified atom stereocenters. The SMILES string of the molecule is O=C(NCCCNC(=O)C1CC1c1ccc(F)c(F)c1)c1ccc(Br)cc1. The first-order valence-electron chi connectivity index (χ1n) is 8.72. The molecule has 2 amide bonds. The summed E-state index contributed by atoms with van der Waals surface area (Å²) in [4.78, 5) is 24.1. The van der Waals surface area contributed by atoms with Crippen molar-refractivity contribution >= 4 is 27.7 Å². The van der Waals surface area contributed by atoms with E-state index in [2.05, 4.69) is 26.6 Å². The molecule has 7 heteroatoms. The zero-order valence-electron chi connectivity index (χ0n) is 14.5. The fraction of sp³-hybridized carbons (Fsp3) is 0.300. The predicted molar refractivity (Wildman–Crippen MR) is 101 cm³/mol. The van der Waals surface area contributed by atoms with Gasteiger partial charge in [-0.3, -0.25) is 9.59 Å². The number of nitrogens with one attached hydrogen (secondary N) is 2. The van der Waals surface area contributed by atoms with Gasteiger partial charge in [-0.05, 0) is 60.7 Å². The minimum Gasteiger partial charge on any atom is -0.356 e. The lowest BCUT2D eigenvalue weighted by Gasteiger charge is -2.07. The Balaban J connectivity index is 1.35. The van der Waals surface area contributed by atoms with Crippen molar-refractivity contribution in [2.24, 2.45) is 5.92 Å². The van der Waals surface area contributed by atoms with Crippen LogP contribution in [0.1, 0.15) is 34.7 Å². The van der Waals surface area contributed by atoms with Crippen LogP contribution in [0.4, 0.5) is 8.78 Å². The van der Waals surface area contributed by atoms with Gasteiger partial charge in [-0.2, -0.15) is 0 Å². The van der Waals surface area contributed by atoms with E-state index < -0.39 is 11.6 Å². The van der Waals surface area contributed by atoms with E-state index in [0.717, 1.165) is 16.6 Å². The monoisotopic (exact) mass is 436 g/mol. The highest BCUT2D eigenvalue weighted by atomic mass is 79.9. The van der Waals surface area contributed by atoms with Crippen LogP contribution in [0.3, 0.4) is 0 Å². The van der Waals surface area contributed by atoms with Crippen molar-refractivity contribution in [3.63, 3.8) is 0 Å². The number of rotatable bonds is 7. The summed E-state index contributed by atoms with van der Waals surface area (Å²) < 4.78 is 27.2. The van der Waals surface area contributed by atoms with E-state index in [0.29, 0.717) is 37.1 Å². The summed E-state index contributed by atoms with van der Waals surface area (Å²) in [5, 5.41) is 5.63. The van der Waals surface area contributed by atoms with E-state index in [4.69, 9.17) is 0 Å². The molecule has 142 valence electrons. The fourth-order valence-corrected chi connectivity index (χ4v) is 3.20. The van der Waals surface area contributed by atoms with Crippen molar-refractivity contribution in [1.82, 2.24) is 10.6 Å². The van der Waals surface area contributed by atoms with Crippen molar-refractivity contribution in [1.29, 1.82) is 0 Å². The second kappa shape index (κ2) is 8.61. The third kappa shape index (κ3) is 5.13. The highest BCUT2D eigenvalue weighted by Crippen LogP contribution is 2.47. The Morgan fingerprint density at radius 1 is 1.00 bits per heavy atom. The van der Waals surface area contributed by atoms with Crippen LogP contribution in [0.25, 0.3) is 0 Å². The molecule has 0 saturated heterocycles. The minimum absolute atomic E-state index is 0.0581. The number of hydrogen-bond donors (Lipinski definition) is 2. The average molecular weight is 437 g/mol. The Labute approximate surface area is 164 Å². The molecule has 4 nitrogen and oxygen atoms in total. The van der Waals surface area contributed by atoms with Gasteiger partial charge in [0, 0.05) is 29.0 Å². The van der Waals surface area contributed by atoms with Crippen molar-refractivity contribution in [3.05, 3.63) is 69.7 Å². The van der Waals surface area contributed by atoms with Gasteiger partial charge in [0.1, 0.15) is 0 Å². The molecule has 0 radical (unpaired) electrons. The van der Waals surface area contributed by atoms with Crippen LogP contribution in [0.15, 0.2) is 46.9 Å². The summed E-state index contributed by atoms with van der Waals surface area (Å²) in [6, 6.07) is 10.8. The molecule has 2 aromatic carbocycles. The first-order chi connectivity index (χ1) is 13.0. The van der Waals surface area contributed by atoms with Crippen molar-refractivity contribution < 1.29 is 18.4 Å². The summed E-state index contributed by atoms with van der Waals surface area (Å²) in [7, 11) is 0. The normalized spacial score (nSPS) is 18.0. The molecule has 0 heterocycles. The first kappa shape index (κ1) is 19.5. The summed E-state index contributed by atoms with van der Waals surface area (Å²) in [5.41, 5.74) is 1.23. The molecule has 1 fully saturated rings. The Hall–Kier alpha value is -2.28. The maximum Gasteiger partial charge on any atom is 0.251 e. The third-order valence-electron chi connectivity index (χ3n) is 4.54. The number of hydrogen-bond acceptors (Lipinski definition) is 2. The van der Waals surface area contributed by atoms with Gasteiger partial charge in [-0.25, -0.2) is 8.78 Å². The van der Waals surface area contributed by atoms with E-state index >= 15 is 0 Å². The molecule has 1 aliphatic rings. The molecule has 1 aliphatic carbocycles. The predicted octanol–water partition coefficient (Wildman–Crippen LogP) is 3.77. The molecule has 0 aromatic heterocycles. The first-order valence-corrected chi connectivity index (χ1v) is 9.51. The van der Waals surface area contributed by atoms with Crippen molar-refractivity contribution in [3.8, 4) is 0 Å². The lowest BCUT2D eigenvalue weighted by Crippen LogP contribution is -2.30. The maximum atomic E-state index is 13.3. The maximum absolute atomic E-state index is 13.3. The molecule has 0 aliphatic heterocycles.